The fourth-order valence-corrected chi connectivity index (χ4v) is 3.78. The second kappa shape index (κ2) is 5.32. The summed E-state index contributed by atoms with van der Waals surface area (Å²) < 4.78 is 0. The van der Waals surface area contributed by atoms with Crippen molar-refractivity contribution in [3.05, 3.63) is 0 Å². The van der Waals surface area contributed by atoms with E-state index >= 15 is 0 Å². The van der Waals surface area contributed by atoms with Crippen LogP contribution in [-0.2, 0) is 9.59 Å². The molecule has 4 amide bonds. The van der Waals surface area contributed by atoms with Crippen LogP contribution in [0.1, 0.15) is 32.6 Å². The molecule has 0 radical (unpaired) electrons. The van der Waals surface area contributed by atoms with Gasteiger partial charge >= 0.3 is 6.03 Å². The molecule has 3 rings (SSSR count). The Morgan fingerprint density at radius 3 is 2.76 bits per heavy atom. The largest absolute Gasteiger partial charge is 0.325 e. The van der Waals surface area contributed by atoms with Gasteiger partial charge in [0.05, 0.1) is 6.54 Å². The van der Waals surface area contributed by atoms with Crippen molar-refractivity contribution in [1.82, 2.24) is 15.5 Å². The predicted molar refractivity (Wildman–Crippen MR) is 78.9 cm³/mol. The van der Waals surface area contributed by atoms with E-state index in [1.807, 2.05) is 0 Å². The lowest BCUT2D eigenvalue weighted by atomic mass is 9.97. The molecule has 7 nitrogen and oxygen atoms in total. The smallest absolute Gasteiger partial charge is 0.323 e. The average Bonchev–Trinajstić information content (AvgIpc) is 3.14. The number of aliphatic imine (C=N–C) groups is 1. The third-order valence-electron chi connectivity index (χ3n) is 4.23. The number of amides is 4. The van der Waals surface area contributed by atoms with Gasteiger partial charge in [-0.05, 0) is 19.8 Å². The van der Waals surface area contributed by atoms with Gasteiger partial charge in [-0.2, -0.15) is 0 Å². The fraction of sp³-hybridized carbons (Fsp3) is 0.692. The molecule has 0 bridgehead atoms. The van der Waals surface area contributed by atoms with E-state index < -0.39 is 17.6 Å². The van der Waals surface area contributed by atoms with Crippen LogP contribution >= 0.6 is 11.8 Å². The van der Waals surface area contributed by atoms with Gasteiger partial charge in [0, 0.05) is 5.75 Å². The summed E-state index contributed by atoms with van der Waals surface area (Å²) in [6.07, 6.45) is 3.16. The normalized spacial score (nSPS) is 25.2. The van der Waals surface area contributed by atoms with Gasteiger partial charge < -0.3 is 10.6 Å². The Morgan fingerprint density at radius 1 is 1.43 bits per heavy atom. The molecule has 1 aliphatic carbocycles. The van der Waals surface area contributed by atoms with Crippen LogP contribution in [0, 0.1) is 0 Å². The highest BCUT2D eigenvalue weighted by Crippen LogP contribution is 2.35. The molecule has 0 aromatic carbocycles. The van der Waals surface area contributed by atoms with E-state index in [0.717, 1.165) is 23.5 Å². The molecule has 1 saturated heterocycles. The third kappa shape index (κ3) is 2.41. The van der Waals surface area contributed by atoms with Gasteiger partial charge in [-0.3, -0.25) is 14.6 Å². The van der Waals surface area contributed by atoms with E-state index in [0.29, 0.717) is 24.6 Å². The van der Waals surface area contributed by atoms with Crippen LogP contribution in [0.4, 0.5) is 4.79 Å². The van der Waals surface area contributed by atoms with E-state index in [9.17, 15) is 14.4 Å². The van der Waals surface area contributed by atoms with Crippen molar-refractivity contribution in [2.24, 2.45) is 4.99 Å². The summed E-state index contributed by atoms with van der Waals surface area (Å²) in [6.45, 7) is 2.25. The lowest BCUT2D eigenvalue weighted by Crippen LogP contribution is -2.50. The molecular weight excluding hydrogens is 292 g/mol. The van der Waals surface area contributed by atoms with Crippen LogP contribution in [0.5, 0.6) is 0 Å². The Bertz CT molecular complexity index is 528. The molecule has 21 heavy (non-hydrogen) atoms. The number of carbonyl (C=O) groups is 3. The third-order valence-corrected chi connectivity index (χ3v) is 5.12. The van der Waals surface area contributed by atoms with Crippen molar-refractivity contribution in [3.63, 3.8) is 0 Å². The Labute approximate surface area is 126 Å². The first-order chi connectivity index (χ1) is 10.0. The van der Waals surface area contributed by atoms with Crippen molar-refractivity contribution in [1.29, 1.82) is 0 Å². The van der Waals surface area contributed by atoms with E-state index in [2.05, 4.69) is 15.6 Å². The number of thioether (sulfide) groups is 1. The molecule has 3 aliphatic rings. The number of hydrogen-bond acceptors (Lipinski definition) is 5. The Hall–Kier alpha value is -1.57. The Kier molecular flexibility index (Phi) is 3.64. The molecule has 2 heterocycles. The molecule has 114 valence electrons. The van der Waals surface area contributed by atoms with E-state index in [-0.39, 0.29) is 11.8 Å². The van der Waals surface area contributed by atoms with Crippen LogP contribution in [0.15, 0.2) is 4.99 Å². The molecule has 1 saturated carbocycles. The van der Waals surface area contributed by atoms with Crippen LogP contribution in [0.25, 0.3) is 0 Å². The molecule has 0 aromatic heterocycles. The van der Waals surface area contributed by atoms with Crippen molar-refractivity contribution in [3.8, 4) is 0 Å². The standard InChI is InChI=1S/C13H18N4O3S/c1-8(9(18)15-11-14-6-7-21-11)17-10(19)13(16-12(17)20)4-2-3-5-13/h8H,2-7H2,1H3,(H,16,20)(H,14,15,18). The highest BCUT2D eigenvalue weighted by Gasteiger charge is 2.54. The lowest BCUT2D eigenvalue weighted by Gasteiger charge is -2.23. The first-order valence-corrected chi connectivity index (χ1v) is 8.16. The van der Waals surface area contributed by atoms with E-state index in [4.69, 9.17) is 0 Å². The predicted octanol–water partition coefficient (Wildman–Crippen LogP) is 0.458. The fourth-order valence-electron chi connectivity index (χ4n) is 3.05. The average molecular weight is 310 g/mol. The molecule has 2 N–H and O–H groups in total. The monoisotopic (exact) mass is 310 g/mol. The lowest BCUT2D eigenvalue weighted by molar-refractivity contribution is -0.137. The van der Waals surface area contributed by atoms with Gasteiger partial charge in [0.2, 0.25) is 5.91 Å². The first-order valence-electron chi connectivity index (χ1n) is 7.17. The molecule has 1 spiro atoms. The van der Waals surface area contributed by atoms with Crippen LogP contribution < -0.4 is 10.6 Å². The zero-order valence-corrected chi connectivity index (χ0v) is 12.7. The van der Waals surface area contributed by atoms with Gasteiger partial charge in [0.25, 0.3) is 5.91 Å². The number of carbonyl (C=O) groups excluding carboxylic acids is 3. The number of amidine groups is 1. The van der Waals surface area contributed by atoms with Crippen molar-refractivity contribution in [2.75, 3.05) is 12.3 Å². The number of rotatable bonds is 2. The molecule has 1 unspecified atom stereocenters. The van der Waals surface area contributed by atoms with Gasteiger partial charge in [0.1, 0.15) is 11.6 Å². The number of imide groups is 1. The van der Waals surface area contributed by atoms with Crippen molar-refractivity contribution in [2.45, 2.75) is 44.2 Å². The number of nitrogens with one attached hydrogen (secondary N) is 2. The molecule has 0 aromatic rings. The summed E-state index contributed by atoms with van der Waals surface area (Å²) >= 11 is 1.47. The Balaban J connectivity index is 1.71. The van der Waals surface area contributed by atoms with E-state index in [1.54, 1.807) is 6.92 Å². The molecule has 8 heteroatoms. The minimum atomic E-state index is -0.832. The zero-order valence-electron chi connectivity index (χ0n) is 11.8. The summed E-state index contributed by atoms with van der Waals surface area (Å²) in [7, 11) is 0. The first kappa shape index (κ1) is 14.4. The minimum Gasteiger partial charge on any atom is -0.323 e. The number of hydrogen-bond donors (Lipinski definition) is 2. The van der Waals surface area contributed by atoms with Crippen molar-refractivity contribution >= 4 is 34.8 Å². The van der Waals surface area contributed by atoms with Crippen molar-refractivity contribution < 1.29 is 14.4 Å². The summed E-state index contributed by atoms with van der Waals surface area (Å²) in [5.41, 5.74) is -0.773. The molecular formula is C13H18N4O3S. The summed E-state index contributed by atoms with van der Waals surface area (Å²) in [5, 5.41) is 6.02. The molecule has 2 fully saturated rings. The van der Waals surface area contributed by atoms with Crippen LogP contribution in [0.2, 0.25) is 0 Å². The zero-order chi connectivity index (χ0) is 15.0. The second-order valence-electron chi connectivity index (χ2n) is 5.60. The van der Waals surface area contributed by atoms with Gasteiger partial charge in [-0.15, -0.1) is 0 Å². The topological polar surface area (TPSA) is 90.9 Å². The highest BCUT2D eigenvalue weighted by atomic mass is 32.2. The summed E-state index contributed by atoms with van der Waals surface area (Å²) in [4.78, 5) is 42.1. The minimum absolute atomic E-state index is 0.270. The molecule has 2 aliphatic heterocycles. The maximum absolute atomic E-state index is 12.6. The quantitative estimate of drug-likeness (QED) is 0.725. The van der Waals surface area contributed by atoms with Gasteiger partial charge in [0.15, 0.2) is 5.17 Å². The maximum Gasteiger partial charge on any atom is 0.325 e. The van der Waals surface area contributed by atoms with Gasteiger partial charge in [-0.25, -0.2) is 9.69 Å². The summed E-state index contributed by atoms with van der Waals surface area (Å²) in [5.74, 6) is 0.200. The van der Waals surface area contributed by atoms with Gasteiger partial charge in [-0.1, -0.05) is 24.6 Å². The summed E-state index contributed by atoms with van der Waals surface area (Å²) in [6, 6.07) is -1.30. The maximum atomic E-state index is 12.6. The Morgan fingerprint density at radius 2 is 2.14 bits per heavy atom. The second-order valence-corrected chi connectivity index (χ2v) is 6.68. The van der Waals surface area contributed by atoms with Crippen LogP contribution in [0.3, 0.4) is 0 Å². The number of urea groups is 1. The van der Waals surface area contributed by atoms with Crippen LogP contribution in [-0.4, -0.2) is 51.8 Å². The highest BCUT2D eigenvalue weighted by molar-refractivity contribution is 8.14. The SMILES string of the molecule is CC(C(=O)NC1=NCCS1)N1C(=O)NC2(CCCC2)C1=O. The molecule has 1 atom stereocenters. The van der Waals surface area contributed by atoms with E-state index in [1.165, 1.54) is 11.8 Å². The number of nitrogens with zero attached hydrogens (tertiary/aromatic N) is 2.